The van der Waals surface area contributed by atoms with E-state index in [2.05, 4.69) is 55.9 Å². The maximum absolute atomic E-state index is 12.3. The van der Waals surface area contributed by atoms with Crippen LogP contribution in [-0.2, 0) is 0 Å². The van der Waals surface area contributed by atoms with Gasteiger partial charge in [-0.2, -0.15) is 10.1 Å². The Bertz CT molecular complexity index is 1270. The number of anilines is 1. The molecule has 4 N–H and O–H groups in total. The molecule has 2 aromatic carbocycles. The second-order valence-electron chi connectivity index (χ2n) is 8.26. The van der Waals surface area contributed by atoms with Crippen LogP contribution in [0.2, 0.25) is 0 Å². The molecule has 3 heterocycles. The molecule has 0 saturated carbocycles. The van der Waals surface area contributed by atoms with E-state index in [9.17, 15) is 4.79 Å². The zero-order chi connectivity index (χ0) is 21.2. The number of hydrogen-bond acceptors (Lipinski definition) is 5. The predicted molar refractivity (Wildman–Crippen MR) is 124 cm³/mol. The lowest BCUT2D eigenvalue weighted by molar-refractivity contribution is 0.390. The fraction of sp³-hybridized carbons (Fsp3) is 0.292. The van der Waals surface area contributed by atoms with Crippen LogP contribution >= 0.6 is 0 Å². The molecule has 0 radical (unpaired) electrons. The number of hydrogen-bond donors (Lipinski definition) is 4. The molecule has 4 aromatic rings. The van der Waals surface area contributed by atoms with Crippen LogP contribution in [0.5, 0.6) is 0 Å². The van der Waals surface area contributed by atoms with Gasteiger partial charge in [-0.05, 0) is 74.7 Å². The minimum Gasteiger partial charge on any atom is -0.385 e. The van der Waals surface area contributed by atoms with Crippen LogP contribution in [0.15, 0.2) is 53.5 Å². The van der Waals surface area contributed by atoms with Crippen LogP contribution in [0.3, 0.4) is 0 Å². The molecule has 1 aliphatic heterocycles. The number of nitrogens with zero attached hydrogens (tertiary/aromatic N) is 2. The Hall–Kier alpha value is -3.45. The average molecular weight is 415 g/mol. The highest BCUT2D eigenvalue weighted by molar-refractivity contribution is 5.84. The van der Waals surface area contributed by atoms with Crippen LogP contribution < -0.4 is 16.3 Å². The molecule has 0 amide bonds. The second kappa shape index (κ2) is 8.35. The van der Waals surface area contributed by atoms with Crippen molar-refractivity contribution in [3.8, 4) is 22.5 Å². The van der Waals surface area contributed by atoms with Gasteiger partial charge in [-0.3, -0.25) is 5.10 Å². The van der Waals surface area contributed by atoms with Crippen molar-refractivity contribution in [2.24, 2.45) is 5.92 Å². The summed E-state index contributed by atoms with van der Waals surface area (Å²) >= 11 is 0. The lowest BCUT2D eigenvalue weighted by Gasteiger charge is -2.23. The second-order valence-corrected chi connectivity index (χ2v) is 8.26. The summed E-state index contributed by atoms with van der Waals surface area (Å²) in [6, 6.07) is 14.1. The first kappa shape index (κ1) is 19.5. The number of aromatic amines is 2. The molecule has 1 saturated heterocycles. The first-order valence-electron chi connectivity index (χ1n) is 10.8. The standard InChI is InChI=1S/C24H26N6O/c1-15-10-19(26-13-16-6-8-25-9-7-16)3-4-20(15)23-12-22(28-24(31)29-23)17-2-5-21-18(11-17)14-27-30-21/h2-5,10-12,14,16,25-26H,6-9,13H2,1H3,(H,27,30)(H,28,29,31). The Morgan fingerprint density at radius 1 is 1.10 bits per heavy atom. The van der Waals surface area contributed by atoms with E-state index in [4.69, 9.17) is 0 Å². The van der Waals surface area contributed by atoms with Crippen LogP contribution in [0.1, 0.15) is 18.4 Å². The largest absolute Gasteiger partial charge is 0.385 e. The maximum Gasteiger partial charge on any atom is 0.345 e. The van der Waals surface area contributed by atoms with Crippen molar-refractivity contribution in [2.45, 2.75) is 19.8 Å². The summed E-state index contributed by atoms with van der Waals surface area (Å²) in [6.45, 7) is 5.28. The molecule has 31 heavy (non-hydrogen) atoms. The third-order valence-electron chi connectivity index (χ3n) is 6.05. The average Bonchev–Trinajstić information content (AvgIpc) is 3.26. The molecule has 0 spiro atoms. The molecule has 7 nitrogen and oxygen atoms in total. The molecular formula is C24H26N6O. The third kappa shape index (κ3) is 4.22. The van der Waals surface area contributed by atoms with E-state index < -0.39 is 0 Å². The summed E-state index contributed by atoms with van der Waals surface area (Å²) in [6.07, 6.45) is 4.21. The number of fused-ring (bicyclic) bond motifs is 1. The van der Waals surface area contributed by atoms with E-state index in [1.165, 1.54) is 12.8 Å². The molecule has 0 aliphatic carbocycles. The molecule has 2 aromatic heterocycles. The zero-order valence-corrected chi connectivity index (χ0v) is 17.5. The molecule has 5 rings (SSSR count). The molecule has 0 bridgehead atoms. The maximum atomic E-state index is 12.3. The fourth-order valence-electron chi connectivity index (χ4n) is 4.28. The van der Waals surface area contributed by atoms with Crippen LogP contribution in [0.4, 0.5) is 5.69 Å². The first-order chi connectivity index (χ1) is 15.2. The van der Waals surface area contributed by atoms with Gasteiger partial charge in [0.2, 0.25) is 0 Å². The van der Waals surface area contributed by atoms with Gasteiger partial charge in [0.05, 0.1) is 23.1 Å². The minimum absolute atomic E-state index is 0.354. The molecule has 0 atom stereocenters. The van der Waals surface area contributed by atoms with Crippen molar-refractivity contribution < 1.29 is 0 Å². The number of piperidine rings is 1. The SMILES string of the molecule is Cc1cc(NCC2CCNCC2)ccc1-c1cc(-c2ccc3[nH]ncc3c2)nc(=O)[nH]1. The summed E-state index contributed by atoms with van der Waals surface area (Å²) in [7, 11) is 0. The molecule has 0 unspecified atom stereocenters. The van der Waals surface area contributed by atoms with Crippen molar-refractivity contribution in [3.05, 3.63) is 64.7 Å². The Morgan fingerprint density at radius 3 is 2.81 bits per heavy atom. The Morgan fingerprint density at radius 2 is 1.97 bits per heavy atom. The van der Waals surface area contributed by atoms with Crippen LogP contribution in [0.25, 0.3) is 33.4 Å². The zero-order valence-electron chi connectivity index (χ0n) is 17.5. The van der Waals surface area contributed by atoms with E-state index in [0.29, 0.717) is 11.6 Å². The fourth-order valence-corrected chi connectivity index (χ4v) is 4.28. The van der Waals surface area contributed by atoms with Crippen LogP contribution in [-0.4, -0.2) is 39.8 Å². The molecular weight excluding hydrogens is 388 g/mol. The molecule has 1 aliphatic rings. The number of nitrogens with one attached hydrogen (secondary N) is 4. The Balaban J connectivity index is 1.41. The highest BCUT2D eigenvalue weighted by Crippen LogP contribution is 2.28. The van der Waals surface area contributed by atoms with E-state index >= 15 is 0 Å². The van der Waals surface area contributed by atoms with E-state index in [0.717, 1.165) is 58.6 Å². The van der Waals surface area contributed by atoms with Gasteiger partial charge in [-0.15, -0.1) is 0 Å². The van der Waals surface area contributed by atoms with Crippen molar-refractivity contribution in [2.75, 3.05) is 25.0 Å². The number of H-pyrrole nitrogens is 2. The van der Waals surface area contributed by atoms with E-state index in [-0.39, 0.29) is 5.69 Å². The third-order valence-corrected chi connectivity index (χ3v) is 6.05. The summed E-state index contributed by atoms with van der Waals surface area (Å²) in [5, 5.41) is 15.0. The lowest BCUT2D eigenvalue weighted by atomic mass is 9.98. The van der Waals surface area contributed by atoms with Crippen LogP contribution in [0, 0.1) is 12.8 Å². The smallest absolute Gasteiger partial charge is 0.345 e. The summed E-state index contributed by atoms with van der Waals surface area (Å²) in [5.74, 6) is 0.716. The molecule has 158 valence electrons. The normalized spacial score (nSPS) is 14.7. The number of aromatic nitrogens is 4. The van der Waals surface area contributed by atoms with Gasteiger partial charge in [0, 0.05) is 28.7 Å². The van der Waals surface area contributed by atoms with Gasteiger partial charge < -0.3 is 15.6 Å². The number of benzene rings is 2. The Kier molecular flexibility index (Phi) is 5.26. The minimum atomic E-state index is -0.354. The van der Waals surface area contributed by atoms with E-state index in [1.807, 2.05) is 24.3 Å². The number of aryl methyl sites for hydroxylation is 1. The quantitative estimate of drug-likeness (QED) is 0.399. The summed E-state index contributed by atoms with van der Waals surface area (Å²) in [5.41, 5.74) is 6.12. The van der Waals surface area contributed by atoms with Gasteiger partial charge >= 0.3 is 5.69 Å². The van der Waals surface area contributed by atoms with Crippen molar-refractivity contribution in [1.82, 2.24) is 25.5 Å². The van der Waals surface area contributed by atoms with Crippen molar-refractivity contribution >= 4 is 16.6 Å². The number of rotatable bonds is 5. The lowest BCUT2D eigenvalue weighted by Crippen LogP contribution is -2.31. The first-order valence-corrected chi connectivity index (χ1v) is 10.8. The van der Waals surface area contributed by atoms with Gasteiger partial charge in [0.1, 0.15) is 0 Å². The predicted octanol–water partition coefficient (Wildman–Crippen LogP) is 3.70. The van der Waals surface area contributed by atoms with Gasteiger partial charge in [0.15, 0.2) is 0 Å². The highest BCUT2D eigenvalue weighted by Gasteiger charge is 2.13. The topological polar surface area (TPSA) is 98.5 Å². The summed E-state index contributed by atoms with van der Waals surface area (Å²) in [4.78, 5) is 19.4. The highest BCUT2D eigenvalue weighted by atomic mass is 16.1. The van der Waals surface area contributed by atoms with Crippen molar-refractivity contribution in [3.63, 3.8) is 0 Å². The van der Waals surface area contributed by atoms with E-state index in [1.54, 1.807) is 6.20 Å². The monoisotopic (exact) mass is 414 g/mol. The Labute approximate surface area is 180 Å². The molecule has 7 heteroatoms. The van der Waals surface area contributed by atoms with Gasteiger partial charge in [-0.1, -0.05) is 12.1 Å². The van der Waals surface area contributed by atoms with Gasteiger partial charge in [0.25, 0.3) is 0 Å². The summed E-state index contributed by atoms with van der Waals surface area (Å²) < 4.78 is 0. The van der Waals surface area contributed by atoms with Crippen molar-refractivity contribution in [1.29, 1.82) is 0 Å². The van der Waals surface area contributed by atoms with Gasteiger partial charge in [-0.25, -0.2) is 4.79 Å². The molecule has 1 fully saturated rings.